The van der Waals surface area contributed by atoms with Crippen molar-refractivity contribution >= 4 is 29.2 Å². The molecule has 0 saturated carbocycles. The third-order valence-electron chi connectivity index (χ3n) is 2.83. The zero-order valence-electron chi connectivity index (χ0n) is 10.9. The highest BCUT2D eigenvalue weighted by Gasteiger charge is 2.04. The van der Waals surface area contributed by atoms with Crippen molar-refractivity contribution in [1.29, 1.82) is 0 Å². The second-order valence-electron chi connectivity index (χ2n) is 4.39. The van der Waals surface area contributed by atoms with Crippen molar-refractivity contribution in [1.82, 2.24) is 4.90 Å². The maximum atomic E-state index is 5.14. The lowest BCUT2D eigenvalue weighted by Crippen LogP contribution is -2.28. The first kappa shape index (κ1) is 16.2. The van der Waals surface area contributed by atoms with Gasteiger partial charge in [0.15, 0.2) is 0 Å². The van der Waals surface area contributed by atoms with Gasteiger partial charge in [-0.05, 0) is 12.8 Å². The Balaban J connectivity index is 3.48. The standard InChI is InChI=1S/C13H27NS2/c1-3-5-7-8-9-10-12-14(13(15)16)11-6-4-2/h3-12H2,1-2H3,(H,15,16). The van der Waals surface area contributed by atoms with E-state index in [4.69, 9.17) is 12.2 Å². The van der Waals surface area contributed by atoms with Crippen LogP contribution in [-0.2, 0) is 0 Å². The maximum Gasteiger partial charge on any atom is 0.133 e. The quantitative estimate of drug-likeness (QED) is 0.346. The van der Waals surface area contributed by atoms with E-state index in [-0.39, 0.29) is 0 Å². The van der Waals surface area contributed by atoms with Crippen molar-refractivity contribution in [2.24, 2.45) is 0 Å². The van der Waals surface area contributed by atoms with Gasteiger partial charge in [0.1, 0.15) is 4.32 Å². The molecule has 3 heteroatoms. The topological polar surface area (TPSA) is 3.24 Å². The Morgan fingerprint density at radius 3 is 1.94 bits per heavy atom. The molecule has 0 aromatic heterocycles. The predicted molar refractivity (Wildman–Crippen MR) is 81.4 cm³/mol. The fourth-order valence-corrected chi connectivity index (χ4v) is 2.12. The maximum absolute atomic E-state index is 5.14. The fourth-order valence-electron chi connectivity index (χ4n) is 1.74. The van der Waals surface area contributed by atoms with Crippen molar-refractivity contribution in [2.75, 3.05) is 13.1 Å². The van der Waals surface area contributed by atoms with Crippen molar-refractivity contribution in [3.8, 4) is 0 Å². The van der Waals surface area contributed by atoms with Gasteiger partial charge < -0.3 is 4.90 Å². The molecule has 1 nitrogen and oxygen atoms in total. The minimum absolute atomic E-state index is 0.766. The van der Waals surface area contributed by atoms with Gasteiger partial charge >= 0.3 is 0 Å². The van der Waals surface area contributed by atoms with Crippen LogP contribution in [0.25, 0.3) is 0 Å². The molecule has 0 aliphatic rings. The molecule has 0 aliphatic heterocycles. The SMILES string of the molecule is CCCCCCCCN(CCCC)C(=S)S. The van der Waals surface area contributed by atoms with E-state index in [1.54, 1.807) is 0 Å². The number of rotatable bonds is 10. The molecule has 0 N–H and O–H groups in total. The number of thiol groups is 1. The van der Waals surface area contributed by atoms with Crippen LogP contribution in [0.3, 0.4) is 0 Å². The first-order valence-corrected chi connectivity index (χ1v) is 7.55. The molecular weight excluding hydrogens is 234 g/mol. The van der Waals surface area contributed by atoms with Gasteiger partial charge in [-0.3, -0.25) is 0 Å². The summed E-state index contributed by atoms with van der Waals surface area (Å²) < 4.78 is 0.766. The van der Waals surface area contributed by atoms with Gasteiger partial charge in [0.05, 0.1) is 0 Å². The van der Waals surface area contributed by atoms with Crippen LogP contribution in [0.1, 0.15) is 65.2 Å². The lowest BCUT2D eigenvalue weighted by Gasteiger charge is -2.22. The molecule has 0 amide bonds. The van der Waals surface area contributed by atoms with Gasteiger partial charge in [-0.1, -0.05) is 64.6 Å². The minimum atomic E-state index is 0.766. The lowest BCUT2D eigenvalue weighted by molar-refractivity contribution is 0.402. The van der Waals surface area contributed by atoms with Gasteiger partial charge in [0.25, 0.3) is 0 Å². The summed E-state index contributed by atoms with van der Waals surface area (Å²) in [5, 5.41) is 0. The van der Waals surface area contributed by atoms with Gasteiger partial charge in [0.2, 0.25) is 0 Å². The highest BCUT2D eigenvalue weighted by molar-refractivity contribution is 8.10. The lowest BCUT2D eigenvalue weighted by atomic mass is 10.1. The van der Waals surface area contributed by atoms with Gasteiger partial charge in [0, 0.05) is 13.1 Å². The van der Waals surface area contributed by atoms with Crippen LogP contribution in [-0.4, -0.2) is 22.3 Å². The number of unbranched alkanes of at least 4 members (excludes halogenated alkanes) is 6. The Bertz CT molecular complexity index is 171. The summed E-state index contributed by atoms with van der Waals surface area (Å²) in [6.45, 7) is 6.64. The van der Waals surface area contributed by atoms with Crippen molar-refractivity contribution in [2.45, 2.75) is 65.2 Å². The van der Waals surface area contributed by atoms with E-state index in [0.717, 1.165) is 17.4 Å². The molecular formula is C13H27NS2. The van der Waals surface area contributed by atoms with E-state index in [0.29, 0.717) is 0 Å². The van der Waals surface area contributed by atoms with Crippen LogP contribution in [0.4, 0.5) is 0 Å². The van der Waals surface area contributed by atoms with Crippen LogP contribution in [0.5, 0.6) is 0 Å². The Labute approximate surface area is 112 Å². The molecule has 0 unspecified atom stereocenters. The molecule has 0 aliphatic carbocycles. The molecule has 0 saturated heterocycles. The molecule has 16 heavy (non-hydrogen) atoms. The van der Waals surface area contributed by atoms with E-state index < -0.39 is 0 Å². The van der Waals surface area contributed by atoms with Crippen LogP contribution >= 0.6 is 24.8 Å². The molecule has 0 spiro atoms. The average molecular weight is 261 g/mol. The van der Waals surface area contributed by atoms with Gasteiger partial charge in [-0.25, -0.2) is 0 Å². The van der Waals surface area contributed by atoms with E-state index in [1.165, 1.54) is 51.4 Å². The Morgan fingerprint density at radius 2 is 1.38 bits per heavy atom. The van der Waals surface area contributed by atoms with E-state index in [9.17, 15) is 0 Å². The third kappa shape index (κ3) is 9.46. The largest absolute Gasteiger partial charge is 0.358 e. The molecule has 0 aromatic rings. The number of nitrogens with zero attached hydrogens (tertiary/aromatic N) is 1. The first-order chi connectivity index (χ1) is 7.72. The number of thiocarbonyl (C=S) groups is 1. The first-order valence-electron chi connectivity index (χ1n) is 6.70. The molecule has 0 heterocycles. The second kappa shape index (κ2) is 11.7. The van der Waals surface area contributed by atoms with Crippen LogP contribution in [0.15, 0.2) is 0 Å². The summed E-state index contributed by atoms with van der Waals surface area (Å²) in [4.78, 5) is 2.24. The van der Waals surface area contributed by atoms with E-state index in [1.807, 2.05) is 0 Å². The highest BCUT2D eigenvalue weighted by atomic mass is 32.1. The second-order valence-corrected chi connectivity index (χ2v) is 5.50. The molecule has 0 atom stereocenters. The summed E-state index contributed by atoms with van der Waals surface area (Å²) in [6.07, 6.45) is 10.5. The van der Waals surface area contributed by atoms with E-state index >= 15 is 0 Å². The molecule has 0 bridgehead atoms. The summed E-state index contributed by atoms with van der Waals surface area (Å²) in [5.41, 5.74) is 0. The average Bonchev–Trinajstić information content (AvgIpc) is 2.26. The van der Waals surface area contributed by atoms with Crippen LogP contribution in [0, 0.1) is 0 Å². The Hall–Kier alpha value is 0.240. The molecule has 0 fully saturated rings. The summed E-state index contributed by atoms with van der Waals surface area (Å²) in [7, 11) is 0. The molecule has 0 rings (SSSR count). The van der Waals surface area contributed by atoms with Crippen LogP contribution in [0.2, 0.25) is 0 Å². The zero-order chi connectivity index (χ0) is 12.2. The fraction of sp³-hybridized carbons (Fsp3) is 0.923. The minimum Gasteiger partial charge on any atom is -0.358 e. The third-order valence-corrected chi connectivity index (χ3v) is 3.37. The number of hydrogen-bond acceptors (Lipinski definition) is 1. The van der Waals surface area contributed by atoms with Crippen LogP contribution < -0.4 is 0 Å². The predicted octanol–water partition coefficient (Wildman–Crippen LogP) is 4.66. The van der Waals surface area contributed by atoms with E-state index in [2.05, 4.69) is 31.4 Å². The van der Waals surface area contributed by atoms with Crippen molar-refractivity contribution in [3.05, 3.63) is 0 Å². The smallest absolute Gasteiger partial charge is 0.133 e. The summed E-state index contributed by atoms with van der Waals surface area (Å²) in [6, 6.07) is 0. The monoisotopic (exact) mass is 261 g/mol. The van der Waals surface area contributed by atoms with Crippen molar-refractivity contribution < 1.29 is 0 Å². The summed E-state index contributed by atoms with van der Waals surface area (Å²) in [5.74, 6) is 0. The van der Waals surface area contributed by atoms with Gasteiger partial charge in [-0.15, -0.1) is 12.6 Å². The summed E-state index contributed by atoms with van der Waals surface area (Å²) >= 11 is 9.42. The normalized spacial score (nSPS) is 10.4. The molecule has 0 aromatic carbocycles. The Kier molecular flexibility index (Phi) is 11.9. The number of hydrogen-bond donors (Lipinski definition) is 1. The zero-order valence-corrected chi connectivity index (χ0v) is 12.6. The molecule has 96 valence electrons. The Morgan fingerprint density at radius 1 is 0.875 bits per heavy atom. The molecule has 0 radical (unpaired) electrons. The van der Waals surface area contributed by atoms with Gasteiger partial charge in [-0.2, -0.15) is 0 Å². The highest BCUT2D eigenvalue weighted by Crippen LogP contribution is 2.08. The van der Waals surface area contributed by atoms with Crippen molar-refractivity contribution in [3.63, 3.8) is 0 Å².